The van der Waals surface area contributed by atoms with E-state index in [1.807, 2.05) is 13.8 Å². The van der Waals surface area contributed by atoms with Gasteiger partial charge in [-0.15, -0.1) is 0 Å². The predicted molar refractivity (Wildman–Crippen MR) is 133 cm³/mol. The first-order valence-corrected chi connectivity index (χ1v) is 12.8. The van der Waals surface area contributed by atoms with Gasteiger partial charge in [0.2, 0.25) is 10.0 Å². The molecule has 1 fully saturated rings. The molecule has 3 atom stereocenters. The summed E-state index contributed by atoms with van der Waals surface area (Å²) in [6.07, 6.45) is -4.40. The van der Waals surface area contributed by atoms with Crippen molar-refractivity contribution < 1.29 is 33.3 Å². The van der Waals surface area contributed by atoms with Gasteiger partial charge in [0.1, 0.15) is 6.10 Å². The van der Waals surface area contributed by atoms with Crippen LogP contribution >= 0.6 is 0 Å². The molecule has 0 bridgehead atoms. The second-order valence-electron chi connectivity index (χ2n) is 8.76. The Morgan fingerprint density at radius 2 is 1.91 bits per heavy atom. The van der Waals surface area contributed by atoms with E-state index in [4.69, 9.17) is 20.7 Å². The van der Waals surface area contributed by atoms with Crippen molar-refractivity contribution in [2.45, 2.75) is 49.8 Å². The molecule has 0 aliphatic carbocycles. The number of nitrogens with zero attached hydrogens (tertiary/aromatic N) is 1. The van der Waals surface area contributed by atoms with Crippen LogP contribution in [0.5, 0.6) is 0 Å². The van der Waals surface area contributed by atoms with Crippen LogP contribution in [0.25, 0.3) is 0 Å². The zero-order valence-electron chi connectivity index (χ0n) is 23.8. The average molecular weight is 510 g/mol. The van der Waals surface area contributed by atoms with Crippen LogP contribution in [0, 0.1) is 5.92 Å². The van der Waals surface area contributed by atoms with Gasteiger partial charge in [0, 0.05) is 25.2 Å². The Labute approximate surface area is 212 Å². The normalized spacial score (nSPS) is 22.5. The standard InChI is InChI=1S/C25H35N3O6S/c1-18(2)15-28(35(31,32)22-10-8-20(26)9-11-22)16-24(29)23(14-19-6-4-3-5-7-19)27-25(30)34-21-12-13-33-17-21/h3-11,18,21,23-24,29H,12-17,26H2,1-2H3,(H,27,30)/t21-,23-,24+/m0/s1/i13D2,17D2. The molecule has 35 heavy (non-hydrogen) atoms. The molecule has 4 N–H and O–H groups in total. The molecule has 1 aliphatic heterocycles. The van der Waals surface area contributed by atoms with Gasteiger partial charge in [-0.3, -0.25) is 0 Å². The van der Waals surface area contributed by atoms with Crippen LogP contribution in [-0.4, -0.2) is 68.4 Å². The Bertz CT molecular complexity index is 1220. The number of anilines is 1. The van der Waals surface area contributed by atoms with E-state index in [1.54, 1.807) is 30.3 Å². The Kier molecular flexibility index (Phi) is 7.62. The topological polar surface area (TPSA) is 131 Å². The molecule has 192 valence electrons. The fraction of sp³-hybridized carbons (Fsp3) is 0.480. The lowest BCUT2D eigenvalue weighted by Crippen LogP contribution is -2.51. The number of aliphatic hydroxyl groups is 1. The van der Waals surface area contributed by atoms with Crippen LogP contribution in [0.1, 0.15) is 31.3 Å². The number of rotatable bonds is 11. The highest BCUT2D eigenvalue weighted by atomic mass is 32.2. The van der Waals surface area contributed by atoms with Crippen molar-refractivity contribution >= 4 is 21.8 Å². The lowest BCUT2D eigenvalue weighted by molar-refractivity contribution is 0.0644. The van der Waals surface area contributed by atoms with Crippen LogP contribution in [0.2, 0.25) is 0 Å². The number of aliphatic hydroxyl groups excluding tert-OH is 1. The Hall–Kier alpha value is -2.66. The highest BCUT2D eigenvalue weighted by molar-refractivity contribution is 7.89. The molecule has 1 amide bonds. The number of amides is 1. The summed E-state index contributed by atoms with van der Waals surface area (Å²) in [6, 6.07) is 13.6. The number of sulfonamides is 1. The van der Waals surface area contributed by atoms with E-state index in [2.05, 4.69) is 5.32 Å². The first-order valence-electron chi connectivity index (χ1n) is 13.3. The van der Waals surface area contributed by atoms with Crippen LogP contribution < -0.4 is 11.1 Å². The highest BCUT2D eigenvalue weighted by Crippen LogP contribution is 2.20. The number of nitrogen functional groups attached to an aromatic ring is 1. The van der Waals surface area contributed by atoms with Gasteiger partial charge in [-0.2, -0.15) is 4.31 Å². The number of nitrogens with two attached hydrogens (primary N) is 1. The summed E-state index contributed by atoms with van der Waals surface area (Å²) >= 11 is 0. The molecule has 10 heteroatoms. The van der Waals surface area contributed by atoms with E-state index in [0.717, 1.165) is 9.87 Å². The fourth-order valence-corrected chi connectivity index (χ4v) is 5.22. The lowest BCUT2D eigenvalue weighted by atomic mass is 10.0. The first kappa shape index (κ1) is 21.6. The third kappa shape index (κ3) is 7.93. The van der Waals surface area contributed by atoms with Crippen molar-refractivity contribution in [3.63, 3.8) is 0 Å². The van der Waals surface area contributed by atoms with Crippen molar-refractivity contribution in [3.05, 3.63) is 60.2 Å². The minimum absolute atomic E-state index is 0.00858. The number of hydrogen-bond donors (Lipinski definition) is 3. The zero-order chi connectivity index (χ0) is 29.0. The highest BCUT2D eigenvalue weighted by Gasteiger charge is 2.32. The maximum absolute atomic E-state index is 13.5. The van der Waals surface area contributed by atoms with Crippen LogP contribution in [-0.2, 0) is 25.9 Å². The molecule has 0 spiro atoms. The van der Waals surface area contributed by atoms with E-state index < -0.39 is 53.9 Å². The second kappa shape index (κ2) is 12.3. The predicted octanol–water partition coefficient (Wildman–Crippen LogP) is 2.40. The van der Waals surface area contributed by atoms with Crippen molar-refractivity contribution in [1.29, 1.82) is 0 Å². The van der Waals surface area contributed by atoms with Gasteiger partial charge in [-0.05, 0) is 42.2 Å². The summed E-state index contributed by atoms with van der Waals surface area (Å²) in [5, 5.41) is 13.8. The Morgan fingerprint density at radius 3 is 2.51 bits per heavy atom. The average Bonchev–Trinajstić information content (AvgIpc) is 3.04. The number of benzene rings is 2. The van der Waals surface area contributed by atoms with Gasteiger partial charge in [-0.1, -0.05) is 44.2 Å². The monoisotopic (exact) mass is 509 g/mol. The van der Waals surface area contributed by atoms with Gasteiger partial charge in [0.25, 0.3) is 0 Å². The molecule has 0 aromatic heterocycles. The van der Waals surface area contributed by atoms with Gasteiger partial charge in [0.15, 0.2) is 0 Å². The van der Waals surface area contributed by atoms with Crippen LogP contribution in [0.3, 0.4) is 0 Å². The molecule has 9 nitrogen and oxygen atoms in total. The molecule has 1 aliphatic rings. The summed E-state index contributed by atoms with van der Waals surface area (Å²) in [6.45, 7) is -1.43. The third-order valence-corrected chi connectivity index (χ3v) is 7.17. The largest absolute Gasteiger partial charge is 0.444 e. The van der Waals surface area contributed by atoms with Crippen molar-refractivity contribution in [2.75, 3.05) is 31.9 Å². The number of carbonyl (C=O) groups excluding carboxylic acids is 1. The molecule has 0 radical (unpaired) electrons. The summed E-state index contributed by atoms with van der Waals surface area (Å²) in [7, 11) is -4.02. The van der Waals surface area contributed by atoms with Crippen molar-refractivity contribution in [1.82, 2.24) is 9.62 Å². The summed E-state index contributed by atoms with van der Waals surface area (Å²) < 4.78 is 68.8. The number of carbonyl (C=O) groups is 1. The minimum atomic E-state index is -4.02. The van der Waals surface area contributed by atoms with E-state index >= 15 is 0 Å². The van der Waals surface area contributed by atoms with Crippen LogP contribution in [0.15, 0.2) is 59.5 Å². The summed E-state index contributed by atoms with van der Waals surface area (Å²) in [4.78, 5) is 12.8. The first-order chi connectivity index (χ1) is 18.1. The van der Waals surface area contributed by atoms with Crippen molar-refractivity contribution in [2.24, 2.45) is 5.92 Å². The smallest absolute Gasteiger partial charge is 0.407 e. The summed E-state index contributed by atoms with van der Waals surface area (Å²) in [5.74, 6) is -0.0779. The van der Waals surface area contributed by atoms with E-state index in [9.17, 15) is 18.3 Å². The molecule has 2 aromatic rings. The van der Waals surface area contributed by atoms with Gasteiger partial charge < -0.3 is 25.6 Å². The molecule has 1 saturated heterocycles. The lowest BCUT2D eigenvalue weighted by Gasteiger charge is -2.30. The second-order valence-corrected chi connectivity index (χ2v) is 10.7. The minimum Gasteiger partial charge on any atom is -0.444 e. The Morgan fingerprint density at radius 1 is 1.23 bits per heavy atom. The molecule has 3 rings (SSSR count). The van der Waals surface area contributed by atoms with Gasteiger partial charge >= 0.3 is 6.09 Å². The van der Waals surface area contributed by atoms with E-state index in [-0.39, 0.29) is 30.3 Å². The summed E-state index contributed by atoms with van der Waals surface area (Å²) in [5.41, 5.74) is 6.85. The number of nitrogens with one attached hydrogen (secondary N) is 1. The third-order valence-electron chi connectivity index (χ3n) is 5.32. The zero-order valence-corrected chi connectivity index (χ0v) is 20.6. The molecule has 0 saturated carbocycles. The van der Waals surface area contributed by atoms with Crippen LogP contribution in [0.4, 0.5) is 10.5 Å². The number of ether oxygens (including phenoxy) is 2. The van der Waals surface area contributed by atoms with Gasteiger partial charge in [0.05, 0.1) is 35.6 Å². The molecular formula is C25H35N3O6S. The fourth-order valence-electron chi connectivity index (χ4n) is 3.60. The quantitative estimate of drug-likeness (QED) is 0.396. The van der Waals surface area contributed by atoms with E-state index in [0.29, 0.717) is 5.69 Å². The van der Waals surface area contributed by atoms with Crippen molar-refractivity contribution in [3.8, 4) is 0 Å². The van der Waals surface area contributed by atoms with E-state index in [1.165, 1.54) is 24.3 Å². The Balaban J connectivity index is 1.82. The maximum Gasteiger partial charge on any atom is 0.407 e. The number of alkyl carbamates (subject to hydrolysis) is 1. The molecule has 1 heterocycles. The maximum atomic E-state index is 13.5. The molecule has 0 unspecified atom stereocenters. The molecular weight excluding hydrogens is 470 g/mol. The molecule has 2 aromatic carbocycles. The number of hydrogen-bond acceptors (Lipinski definition) is 7. The van der Waals surface area contributed by atoms with Gasteiger partial charge in [-0.25, -0.2) is 13.2 Å². The SMILES string of the molecule is [2H]C1([2H])C[C@H](OC(=O)N[C@@H](Cc2ccccc2)[C@H](O)CN(CC(C)C)S(=O)(=O)c2ccc(N)cc2)C([2H])([2H])O1.